The first kappa shape index (κ1) is 20.0. The normalized spacial score (nSPS) is 14.1. The number of hydrogen-bond donors (Lipinski definition) is 3. The molecule has 2 aromatic carbocycles. The molecule has 0 aliphatic rings. The van der Waals surface area contributed by atoms with Crippen molar-refractivity contribution in [3.63, 3.8) is 0 Å². The minimum atomic E-state index is -1.36. The van der Waals surface area contributed by atoms with Crippen molar-refractivity contribution in [1.82, 2.24) is 4.90 Å². The summed E-state index contributed by atoms with van der Waals surface area (Å²) in [6.07, 6.45) is 2.38. The van der Waals surface area contributed by atoms with Crippen LogP contribution in [0.25, 0.3) is 0 Å². The predicted octanol–water partition coefficient (Wildman–Crippen LogP) is 2.70. The molecule has 1 unspecified atom stereocenters. The van der Waals surface area contributed by atoms with Crippen LogP contribution in [0.1, 0.15) is 35.1 Å². The summed E-state index contributed by atoms with van der Waals surface area (Å²) in [4.78, 5) is 2.03. The van der Waals surface area contributed by atoms with Crippen molar-refractivity contribution >= 4 is 6.21 Å². The van der Waals surface area contributed by atoms with Gasteiger partial charge in [-0.1, -0.05) is 29.4 Å². The molecule has 2 aromatic rings. The second kappa shape index (κ2) is 8.89. The van der Waals surface area contributed by atoms with Crippen molar-refractivity contribution in [2.45, 2.75) is 25.0 Å². The van der Waals surface area contributed by atoms with Crippen LogP contribution in [0.15, 0.2) is 47.6 Å². The number of aliphatic hydroxyl groups is 2. The third-order valence-electron chi connectivity index (χ3n) is 4.42. The maximum Gasteiger partial charge on any atom is 0.123 e. The molecule has 0 saturated carbocycles. The molecule has 0 aliphatic heterocycles. The van der Waals surface area contributed by atoms with E-state index < -0.39 is 5.60 Å². The zero-order valence-electron chi connectivity index (χ0n) is 15.1. The van der Waals surface area contributed by atoms with E-state index in [4.69, 9.17) is 5.21 Å². The van der Waals surface area contributed by atoms with Crippen molar-refractivity contribution in [3.05, 3.63) is 70.5 Å². The third-order valence-corrected chi connectivity index (χ3v) is 4.42. The number of hydrogen-bond acceptors (Lipinski definition) is 5. The first-order valence-corrected chi connectivity index (χ1v) is 8.45. The quantitative estimate of drug-likeness (QED) is 0.384. The van der Waals surface area contributed by atoms with Gasteiger partial charge in [-0.25, -0.2) is 4.39 Å². The van der Waals surface area contributed by atoms with E-state index in [2.05, 4.69) is 5.16 Å². The summed E-state index contributed by atoms with van der Waals surface area (Å²) in [5.41, 5.74) is 0.891. The van der Waals surface area contributed by atoms with Crippen LogP contribution in [0.3, 0.4) is 0 Å². The fourth-order valence-corrected chi connectivity index (χ4v) is 3.11. The average molecular weight is 360 g/mol. The Morgan fingerprint density at radius 1 is 1.15 bits per heavy atom. The van der Waals surface area contributed by atoms with Gasteiger partial charge in [0, 0.05) is 0 Å². The van der Waals surface area contributed by atoms with Crippen LogP contribution in [0.2, 0.25) is 0 Å². The highest BCUT2D eigenvalue weighted by Crippen LogP contribution is 2.36. The maximum atomic E-state index is 13.4. The molecule has 5 nitrogen and oxygen atoms in total. The monoisotopic (exact) mass is 360 g/mol. The molecule has 0 amide bonds. The van der Waals surface area contributed by atoms with Crippen LogP contribution in [0.4, 0.5) is 4.39 Å². The fraction of sp³-hybridized carbons (Fsp3) is 0.350. The molecule has 26 heavy (non-hydrogen) atoms. The van der Waals surface area contributed by atoms with Crippen molar-refractivity contribution in [2.24, 2.45) is 5.16 Å². The molecule has 140 valence electrons. The van der Waals surface area contributed by atoms with Crippen molar-refractivity contribution < 1.29 is 19.8 Å². The predicted molar refractivity (Wildman–Crippen MR) is 98.9 cm³/mol. The summed E-state index contributed by atoms with van der Waals surface area (Å²) in [6, 6.07) is 10.8. The Balaban J connectivity index is 2.50. The summed E-state index contributed by atoms with van der Waals surface area (Å²) < 4.78 is 13.4. The zero-order valence-corrected chi connectivity index (χ0v) is 15.1. The smallest absolute Gasteiger partial charge is 0.123 e. The van der Waals surface area contributed by atoms with Crippen LogP contribution in [0.5, 0.6) is 0 Å². The SMILES string of the molecule is CN(C)CCCC(O)(c1ccc(F)cc1)c1ccc(C=NO)cc1CO. The summed E-state index contributed by atoms with van der Waals surface area (Å²) in [6.45, 7) is 0.507. The van der Waals surface area contributed by atoms with Crippen LogP contribution in [-0.2, 0) is 12.2 Å². The van der Waals surface area contributed by atoms with Gasteiger partial charge >= 0.3 is 0 Å². The highest BCUT2D eigenvalue weighted by molar-refractivity contribution is 5.79. The van der Waals surface area contributed by atoms with Gasteiger partial charge in [-0.3, -0.25) is 0 Å². The van der Waals surface area contributed by atoms with Gasteiger partial charge in [-0.05, 0) is 73.9 Å². The molecule has 0 spiro atoms. The summed E-state index contributed by atoms with van der Waals surface area (Å²) in [7, 11) is 3.91. The molecule has 0 bridgehead atoms. The topological polar surface area (TPSA) is 76.3 Å². The van der Waals surface area contributed by atoms with Gasteiger partial charge in [0.25, 0.3) is 0 Å². The molecule has 3 N–H and O–H groups in total. The van der Waals surface area contributed by atoms with E-state index in [9.17, 15) is 14.6 Å². The Kier molecular flexibility index (Phi) is 6.85. The molecule has 6 heteroatoms. The molecular formula is C20H25FN2O3. The lowest BCUT2D eigenvalue weighted by Gasteiger charge is -2.32. The number of halogens is 1. The lowest BCUT2D eigenvalue weighted by Crippen LogP contribution is -2.30. The Bertz CT molecular complexity index is 747. The molecule has 1 atom stereocenters. The average Bonchev–Trinajstić information content (AvgIpc) is 2.62. The van der Waals surface area contributed by atoms with Crippen molar-refractivity contribution in [1.29, 1.82) is 0 Å². The van der Waals surface area contributed by atoms with Gasteiger partial charge in [0.1, 0.15) is 11.4 Å². The van der Waals surface area contributed by atoms with Gasteiger partial charge in [0.05, 0.1) is 12.8 Å². The minimum absolute atomic E-state index is 0.278. The zero-order chi connectivity index (χ0) is 19.2. The van der Waals surface area contributed by atoms with E-state index in [0.29, 0.717) is 35.1 Å². The number of nitrogens with zero attached hydrogens (tertiary/aromatic N) is 2. The van der Waals surface area contributed by atoms with Gasteiger partial charge in [-0.15, -0.1) is 0 Å². The van der Waals surface area contributed by atoms with Crippen LogP contribution >= 0.6 is 0 Å². The van der Waals surface area contributed by atoms with Gasteiger partial charge in [0.2, 0.25) is 0 Å². The number of benzene rings is 2. The van der Waals surface area contributed by atoms with E-state index in [1.54, 1.807) is 30.3 Å². The van der Waals surface area contributed by atoms with E-state index in [-0.39, 0.29) is 12.4 Å². The first-order chi connectivity index (χ1) is 12.4. The summed E-state index contributed by atoms with van der Waals surface area (Å²) in [5, 5.41) is 33.0. The Hall–Kier alpha value is -2.28. The van der Waals surface area contributed by atoms with Gasteiger partial charge in [0.15, 0.2) is 0 Å². The lowest BCUT2D eigenvalue weighted by atomic mass is 9.80. The summed E-state index contributed by atoms with van der Waals surface area (Å²) >= 11 is 0. The van der Waals surface area contributed by atoms with Crippen LogP contribution in [-0.4, -0.2) is 47.2 Å². The van der Waals surface area contributed by atoms with Gasteiger partial charge in [-0.2, -0.15) is 0 Å². The van der Waals surface area contributed by atoms with E-state index >= 15 is 0 Å². The van der Waals surface area contributed by atoms with Crippen molar-refractivity contribution in [2.75, 3.05) is 20.6 Å². The van der Waals surface area contributed by atoms with Gasteiger partial charge < -0.3 is 20.3 Å². The number of oxime groups is 1. The second-order valence-corrected chi connectivity index (χ2v) is 6.59. The first-order valence-electron chi connectivity index (χ1n) is 8.45. The second-order valence-electron chi connectivity index (χ2n) is 6.59. The van der Waals surface area contributed by atoms with Crippen LogP contribution < -0.4 is 0 Å². The van der Waals surface area contributed by atoms with Crippen LogP contribution in [0, 0.1) is 5.82 Å². The lowest BCUT2D eigenvalue weighted by molar-refractivity contribution is 0.0641. The van der Waals surface area contributed by atoms with E-state index in [0.717, 1.165) is 6.54 Å². The van der Waals surface area contributed by atoms with E-state index in [1.165, 1.54) is 18.3 Å². The maximum absolute atomic E-state index is 13.4. The standard InChI is InChI=1S/C20H25FN2O3/c1-23(2)11-3-10-20(25,17-5-7-18(21)8-6-17)19-9-4-15(13-22-26)12-16(19)14-24/h4-9,12-13,24-26H,3,10-11,14H2,1-2H3. The van der Waals surface area contributed by atoms with E-state index in [1.807, 2.05) is 19.0 Å². The van der Waals surface area contributed by atoms with Crippen molar-refractivity contribution in [3.8, 4) is 0 Å². The highest BCUT2D eigenvalue weighted by atomic mass is 19.1. The molecule has 0 heterocycles. The molecule has 0 radical (unpaired) electrons. The Labute approximate surface area is 153 Å². The molecule has 2 rings (SSSR count). The minimum Gasteiger partial charge on any atom is -0.411 e. The summed E-state index contributed by atoms with van der Waals surface area (Å²) in [5.74, 6) is -0.374. The molecule has 0 aliphatic carbocycles. The number of rotatable bonds is 8. The Morgan fingerprint density at radius 3 is 2.42 bits per heavy atom. The Morgan fingerprint density at radius 2 is 1.85 bits per heavy atom. The molecule has 0 saturated heterocycles. The largest absolute Gasteiger partial charge is 0.411 e. The number of aliphatic hydroxyl groups excluding tert-OH is 1. The molecular weight excluding hydrogens is 335 g/mol. The molecule has 0 aromatic heterocycles. The molecule has 0 fully saturated rings. The highest BCUT2D eigenvalue weighted by Gasteiger charge is 2.33. The fourth-order valence-electron chi connectivity index (χ4n) is 3.11. The third kappa shape index (κ3) is 4.66.